The number of rotatable bonds is 4. The highest BCUT2D eigenvalue weighted by molar-refractivity contribution is 5.84. The molecule has 5 nitrogen and oxygen atoms in total. The predicted octanol–water partition coefficient (Wildman–Crippen LogP) is 2.67. The Bertz CT molecular complexity index is 873. The number of hydrogen-bond acceptors (Lipinski definition) is 3. The molecule has 132 valence electrons. The third-order valence-corrected chi connectivity index (χ3v) is 5.26. The fourth-order valence-electron chi connectivity index (χ4n) is 3.59. The van der Waals surface area contributed by atoms with E-state index >= 15 is 0 Å². The molecule has 1 fully saturated rings. The molecule has 0 atom stereocenters. The Kier molecular flexibility index (Phi) is 4.31. The molecule has 3 heterocycles. The molecule has 1 N–H and O–H groups in total. The summed E-state index contributed by atoms with van der Waals surface area (Å²) in [6.45, 7) is 8.02. The van der Waals surface area contributed by atoms with Gasteiger partial charge in [-0.2, -0.15) is 0 Å². The van der Waals surface area contributed by atoms with Crippen LogP contribution in [0.5, 0.6) is 0 Å². The first-order valence-corrected chi connectivity index (χ1v) is 8.78. The largest absolute Gasteiger partial charge is 0.357 e. The first-order valence-electron chi connectivity index (χ1n) is 8.78. The molecule has 1 aliphatic rings. The minimum atomic E-state index is -0.177. The summed E-state index contributed by atoms with van der Waals surface area (Å²) in [4.78, 5) is 12.8. The number of nitrogens with one attached hydrogen (secondary N) is 1. The fraction of sp³-hybridized carbons (Fsp3) is 0.421. The van der Waals surface area contributed by atoms with Gasteiger partial charge in [0.25, 0.3) is 0 Å². The third-order valence-electron chi connectivity index (χ3n) is 5.26. The van der Waals surface area contributed by atoms with Gasteiger partial charge < -0.3 is 9.55 Å². The molecule has 0 spiro atoms. The summed E-state index contributed by atoms with van der Waals surface area (Å²) in [7, 11) is 2.04. The summed E-state index contributed by atoms with van der Waals surface area (Å²) in [5.41, 5.74) is 3.37. The molecule has 0 amide bonds. The summed E-state index contributed by atoms with van der Waals surface area (Å²) < 4.78 is 15.6. The second-order valence-corrected chi connectivity index (χ2v) is 6.93. The van der Waals surface area contributed by atoms with Crippen LogP contribution < -0.4 is 0 Å². The van der Waals surface area contributed by atoms with Gasteiger partial charge in [0.2, 0.25) is 0 Å². The second kappa shape index (κ2) is 6.61. The molecule has 0 saturated carbocycles. The first-order chi connectivity index (χ1) is 12.1. The van der Waals surface area contributed by atoms with E-state index in [4.69, 9.17) is 0 Å². The zero-order valence-corrected chi connectivity index (χ0v) is 14.8. The van der Waals surface area contributed by atoms with E-state index < -0.39 is 0 Å². The van der Waals surface area contributed by atoms with E-state index in [1.54, 1.807) is 6.07 Å². The number of H-pyrrole nitrogens is 1. The number of fused-ring (bicyclic) bond motifs is 1. The molecule has 4 rings (SSSR count). The molecule has 2 aromatic heterocycles. The van der Waals surface area contributed by atoms with E-state index in [1.807, 2.05) is 25.5 Å². The maximum absolute atomic E-state index is 13.5. The molecule has 0 unspecified atom stereocenters. The molecular weight excluding hydrogens is 317 g/mol. The SMILES string of the molecule is Cc1c(CN2CCN(Cc3nccn3C)CC2)[nH]c2ccc(F)cc12. The van der Waals surface area contributed by atoms with Gasteiger partial charge in [0, 0.05) is 68.8 Å². The van der Waals surface area contributed by atoms with Gasteiger partial charge in [0.05, 0.1) is 6.54 Å². The van der Waals surface area contributed by atoms with Crippen LogP contribution in [0, 0.1) is 12.7 Å². The summed E-state index contributed by atoms with van der Waals surface area (Å²) in [6.07, 6.45) is 3.85. The van der Waals surface area contributed by atoms with Crippen LogP contribution in [-0.4, -0.2) is 50.5 Å². The number of benzene rings is 1. The predicted molar refractivity (Wildman–Crippen MR) is 96.8 cm³/mol. The first kappa shape index (κ1) is 16.3. The van der Waals surface area contributed by atoms with Crippen molar-refractivity contribution < 1.29 is 4.39 Å². The molecule has 0 bridgehead atoms. The Morgan fingerprint density at radius 3 is 2.52 bits per heavy atom. The molecule has 1 saturated heterocycles. The highest BCUT2D eigenvalue weighted by Crippen LogP contribution is 2.24. The minimum absolute atomic E-state index is 0.177. The molecule has 1 aliphatic heterocycles. The van der Waals surface area contributed by atoms with E-state index in [9.17, 15) is 4.39 Å². The van der Waals surface area contributed by atoms with Crippen molar-refractivity contribution in [1.29, 1.82) is 0 Å². The lowest BCUT2D eigenvalue weighted by molar-refractivity contribution is 0.118. The maximum Gasteiger partial charge on any atom is 0.123 e. The summed E-state index contributed by atoms with van der Waals surface area (Å²) in [5.74, 6) is 0.936. The quantitative estimate of drug-likeness (QED) is 0.793. The van der Waals surface area contributed by atoms with Crippen molar-refractivity contribution in [2.45, 2.75) is 20.0 Å². The normalized spacial score (nSPS) is 16.8. The standard InChI is InChI=1S/C19H24FN5/c1-14-16-11-15(20)3-4-17(16)22-18(14)12-24-7-9-25(10-8-24)13-19-21-5-6-23(19)2/h3-6,11,22H,7-10,12-13H2,1-2H3. The Morgan fingerprint density at radius 2 is 1.84 bits per heavy atom. The number of nitrogens with zero attached hydrogens (tertiary/aromatic N) is 4. The summed E-state index contributed by atoms with van der Waals surface area (Å²) in [5, 5.41) is 0.989. The van der Waals surface area contributed by atoms with Crippen LogP contribution >= 0.6 is 0 Å². The highest BCUT2D eigenvalue weighted by Gasteiger charge is 2.20. The molecule has 0 radical (unpaired) electrons. The zero-order valence-electron chi connectivity index (χ0n) is 14.8. The van der Waals surface area contributed by atoms with Crippen molar-refractivity contribution in [3.63, 3.8) is 0 Å². The van der Waals surface area contributed by atoms with Crippen molar-refractivity contribution >= 4 is 10.9 Å². The number of halogens is 1. The van der Waals surface area contributed by atoms with Crippen LogP contribution in [0.2, 0.25) is 0 Å². The molecule has 3 aromatic rings. The van der Waals surface area contributed by atoms with Gasteiger partial charge in [0.15, 0.2) is 0 Å². The Balaban J connectivity index is 1.39. The number of aromatic nitrogens is 3. The molecule has 0 aliphatic carbocycles. The Hall–Kier alpha value is -2.18. The van der Waals surface area contributed by atoms with Crippen LogP contribution in [0.1, 0.15) is 17.1 Å². The molecular formula is C19H24FN5. The summed E-state index contributed by atoms with van der Waals surface area (Å²) in [6, 6.07) is 4.96. The van der Waals surface area contributed by atoms with Crippen molar-refractivity contribution in [1.82, 2.24) is 24.3 Å². The molecule has 6 heteroatoms. The van der Waals surface area contributed by atoms with Crippen molar-refractivity contribution in [2.75, 3.05) is 26.2 Å². The van der Waals surface area contributed by atoms with Crippen molar-refractivity contribution in [3.05, 3.63) is 53.5 Å². The van der Waals surface area contributed by atoms with Crippen LogP contribution in [0.15, 0.2) is 30.6 Å². The number of hydrogen-bond donors (Lipinski definition) is 1. The highest BCUT2D eigenvalue weighted by atomic mass is 19.1. The van der Waals surface area contributed by atoms with Crippen LogP contribution in [0.25, 0.3) is 10.9 Å². The van der Waals surface area contributed by atoms with Crippen LogP contribution in [0.4, 0.5) is 4.39 Å². The Morgan fingerprint density at radius 1 is 1.12 bits per heavy atom. The molecule has 1 aromatic carbocycles. The zero-order chi connectivity index (χ0) is 17.4. The Labute approximate surface area is 147 Å². The van der Waals surface area contributed by atoms with Crippen LogP contribution in [0.3, 0.4) is 0 Å². The minimum Gasteiger partial charge on any atom is -0.357 e. The van der Waals surface area contributed by atoms with E-state index in [2.05, 4.69) is 31.3 Å². The topological polar surface area (TPSA) is 40.1 Å². The third kappa shape index (κ3) is 3.32. The average Bonchev–Trinajstić information content (AvgIpc) is 3.14. The number of aromatic amines is 1. The van der Waals surface area contributed by atoms with Gasteiger partial charge in [-0.05, 0) is 30.7 Å². The van der Waals surface area contributed by atoms with Crippen molar-refractivity contribution in [2.24, 2.45) is 7.05 Å². The van der Waals surface area contributed by atoms with Crippen LogP contribution in [-0.2, 0) is 20.1 Å². The number of piperazine rings is 1. The van der Waals surface area contributed by atoms with Gasteiger partial charge in [-0.3, -0.25) is 9.80 Å². The average molecular weight is 341 g/mol. The van der Waals surface area contributed by atoms with Crippen molar-refractivity contribution in [3.8, 4) is 0 Å². The number of aryl methyl sites for hydroxylation is 2. The lowest BCUT2D eigenvalue weighted by Crippen LogP contribution is -2.45. The van der Waals surface area contributed by atoms with Gasteiger partial charge in [0.1, 0.15) is 11.6 Å². The maximum atomic E-state index is 13.5. The second-order valence-electron chi connectivity index (χ2n) is 6.93. The smallest absolute Gasteiger partial charge is 0.123 e. The van der Waals surface area contributed by atoms with Gasteiger partial charge >= 0.3 is 0 Å². The van der Waals surface area contributed by atoms with Gasteiger partial charge in [-0.15, -0.1) is 0 Å². The lowest BCUT2D eigenvalue weighted by atomic mass is 10.1. The van der Waals surface area contributed by atoms with E-state index in [-0.39, 0.29) is 5.82 Å². The van der Waals surface area contributed by atoms with Gasteiger partial charge in [-0.1, -0.05) is 0 Å². The monoisotopic (exact) mass is 341 g/mol. The van der Waals surface area contributed by atoms with E-state index in [0.29, 0.717) is 0 Å². The lowest BCUT2D eigenvalue weighted by Gasteiger charge is -2.34. The molecule has 25 heavy (non-hydrogen) atoms. The van der Waals surface area contributed by atoms with Gasteiger partial charge in [-0.25, -0.2) is 9.37 Å². The number of imidazole rings is 1. The summed E-state index contributed by atoms with van der Waals surface area (Å²) >= 11 is 0. The fourth-order valence-corrected chi connectivity index (χ4v) is 3.59. The van der Waals surface area contributed by atoms with E-state index in [1.165, 1.54) is 11.8 Å². The van der Waals surface area contributed by atoms with E-state index in [0.717, 1.165) is 61.6 Å².